The highest BCUT2D eigenvalue weighted by Gasteiger charge is 2.20. The Labute approximate surface area is 164 Å². The molecule has 0 aliphatic heterocycles. The van der Waals surface area contributed by atoms with E-state index >= 15 is 0 Å². The van der Waals surface area contributed by atoms with Gasteiger partial charge < -0.3 is 10.2 Å². The molecule has 0 fully saturated rings. The van der Waals surface area contributed by atoms with Crippen LogP contribution in [-0.2, 0) is 13.1 Å². The summed E-state index contributed by atoms with van der Waals surface area (Å²) in [5.41, 5.74) is 2.32. The van der Waals surface area contributed by atoms with Gasteiger partial charge in [0.2, 0.25) is 0 Å². The van der Waals surface area contributed by atoms with Crippen LogP contribution in [0.5, 0.6) is 0 Å². The van der Waals surface area contributed by atoms with Gasteiger partial charge in [-0.15, -0.1) is 0 Å². The van der Waals surface area contributed by atoms with Crippen LogP contribution in [0.15, 0.2) is 67.0 Å². The standard InChI is InChI=1S/C22H23FN4O/c1-16(2)27(14-18-6-4-3-5-7-18)22(28)20-12-21(26-15-25-20)24-13-17-8-10-19(23)11-9-17/h3-12,15-16H,13-14H2,1-2H3,(H,24,25,26). The Hall–Kier alpha value is -3.28. The summed E-state index contributed by atoms with van der Waals surface area (Å²) < 4.78 is 13.0. The smallest absolute Gasteiger partial charge is 0.273 e. The normalized spacial score (nSPS) is 10.7. The highest BCUT2D eigenvalue weighted by atomic mass is 19.1. The number of nitrogens with zero attached hydrogens (tertiary/aromatic N) is 3. The van der Waals surface area contributed by atoms with E-state index in [-0.39, 0.29) is 17.8 Å². The largest absolute Gasteiger partial charge is 0.366 e. The van der Waals surface area contributed by atoms with Crippen molar-refractivity contribution in [3.8, 4) is 0 Å². The number of halogens is 1. The minimum atomic E-state index is -0.272. The highest BCUT2D eigenvalue weighted by molar-refractivity contribution is 5.93. The molecule has 1 aromatic heterocycles. The molecule has 144 valence electrons. The van der Waals surface area contributed by atoms with Gasteiger partial charge in [0.15, 0.2) is 0 Å². The Bertz CT molecular complexity index is 913. The van der Waals surface area contributed by atoms with E-state index in [1.165, 1.54) is 18.5 Å². The Morgan fingerprint density at radius 2 is 1.75 bits per heavy atom. The molecular formula is C22H23FN4O. The second kappa shape index (κ2) is 9.08. The van der Waals surface area contributed by atoms with E-state index in [4.69, 9.17) is 0 Å². The van der Waals surface area contributed by atoms with Crippen LogP contribution in [0.4, 0.5) is 10.2 Å². The minimum Gasteiger partial charge on any atom is -0.366 e. The van der Waals surface area contributed by atoms with Gasteiger partial charge in [-0.2, -0.15) is 0 Å². The van der Waals surface area contributed by atoms with Crippen molar-refractivity contribution in [1.29, 1.82) is 0 Å². The number of hydrogen-bond donors (Lipinski definition) is 1. The van der Waals surface area contributed by atoms with Gasteiger partial charge >= 0.3 is 0 Å². The van der Waals surface area contributed by atoms with Crippen molar-refractivity contribution >= 4 is 11.7 Å². The van der Waals surface area contributed by atoms with Gasteiger partial charge in [0, 0.05) is 25.2 Å². The van der Waals surface area contributed by atoms with Crippen molar-refractivity contribution in [1.82, 2.24) is 14.9 Å². The predicted octanol–water partition coefficient (Wildman–Crippen LogP) is 4.28. The lowest BCUT2D eigenvalue weighted by atomic mass is 10.1. The van der Waals surface area contributed by atoms with Crippen molar-refractivity contribution in [2.45, 2.75) is 33.0 Å². The van der Waals surface area contributed by atoms with Gasteiger partial charge in [-0.25, -0.2) is 14.4 Å². The molecule has 0 radical (unpaired) electrons. The first-order valence-corrected chi connectivity index (χ1v) is 9.18. The fourth-order valence-electron chi connectivity index (χ4n) is 2.78. The molecule has 0 aliphatic carbocycles. The number of nitrogens with one attached hydrogen (secondary N) is 1. The fourth-order valence-corrected chi connectivity index (χ4v) is 2.78. The third-order valence-corrected chi connectivity index (χ3v) is 4.35. The molecule has 5 nitrogen and oxygen atoms in total. The van der Waals surface area contributed by atoms with Crippen LogP contribution in [-0.4, -0.2) is 26.8 Å². The van der Waals surface area contributed by atoms with Gasteiger partial charge in [-0.05, 0) is 37.1 Å². The molecule has 2 aromatic carbocycles. The number of anilines is 1. The number of carbonyl (C=O) groups excluding carboxylic acids is 1. The van der Waals surface area contributed by atoms with Crippen molar-refractivity contribution in [3.05, 3.63) is 89.6 Å². The molecule has 0 saturated carbocycles. The van der Waals surface area contributed by atoms with Gasteiger partial charge in [0.1, 0.15) is 23.7 Å². The Kier molecular flexibility index (Phi) is 6.32. The third kappa shape index (κ3) is 5.13. The maximum absolute atomic E-state index is 13.0. The zero-order chi connectivity index (χ0) is 19.9. The van der Waals surface area contributed by atoms with E-state index in [1.807, 2.05) is 44.2 Å². The van der Waals surface area contributed by atoms with Crippen LogP contribution in [0.1, 0.15) is 35.5 Å². The van der Waals surface area contributed by atoms with E-state index in [9.17, 15) is 9.18 Å². The molecule has 0 saturated heterocycles. The van der Waals surface area contributed by atoms with E-state index in [2.05, 4.69) is 15.3 Å². The van der Waals surface area contributed by atoms with Crippen molar-refractivity contribution in [2.24, 2.45) is 0 Å². The predicted molar refractivity (Wildman–Crippen MR) is 107 cm³/mol. The quantitative estimate of drug-likeness (QED) is 0.667. The topological polar surface area (TPSA) is 58.1 Å². The van der Waals surface area contributed by atoms with Crippen molar-refractivity contribution in [2.75, 3.05) is 5.32 Å². The number of hydrogen-bond acceptors (Lipinski definition) is 4. The second-order valence-corrected chi connectivity index (χ2v) is 6.78. The summed E-state index contributed by atoms with van der Waals surface area (Å²) in [7, 11) is 0. The Morgan fingerprint density at radius 1 is 1.04 bits per heavy atom. The van der Waals surface area contributed by atoms with Crippen molar-refractivity contribution in [3.63, 3.8) is 0 Å². The summed E-state index contributed by atoms with van der Waals surface area (Å²) in [5.74, 6) is 0.128. The summed E-state index contributed by atoms with van der Waals surface area (Å²) in [4.78, 5) is 23.1. The zero-order valence-electron chi connectivity index (χ0n) is 16.0. The van der Waals surface area contributed by atoms with Crippen LogP contribution in [0.2, 0.25) is 0 Å². The first-order chi connectivity index (χ1) is 13.5. The molecule has 0 spiro atoms. The zero-order valence-corrected chi connectivity index (χ0v) is 16.0. The van der Waals surface area contributed by atoms with Gasteiger partial charge in [-0.1, -0.05) is 42.5 Å². The van der Waals surface area contributed by atoms with Crippen LogP contribution in [0.3, 0.4) is 0 Å². The average Bonchev–Trinajstić information content (AvgIpc) is 2.72. The summed E-state index contributed by atoms with van der Waals surface area (Å²) in [6.45, 7) is 4.95. The molecular weight excluding hydrogens is 355 g/mol. The fraction of sp³-hybridized carbons (Fsp3) is 0.227. The minimum absolute atomic E-state index is 0.0262. The van der Waals surface area contributed by atoms with Crippen molar-refractivity contribution < 1.29 is 9.18 Å². The molecule has 3 aromatic rings. The van der Waals surface area contributed by atoms with Gasteiger partial charge in [-0.3, -0.25) is 4.79 Å². The lowest BCUT2D eigenvalue weighted by Gasteiger charge is -2.26. The van der Waals surface area contributed by atoms with E-state index in [0.717, 1.165) is 11.1 Å². The van der Waals surface area contributed by atoms with E-state index in [0.29, 0.717) is 24.6 Å². The molecule has 28 heavy (non-hydrogen) atoms. The number of rotatable bonds is 7. The summed E-state index contributed by atoms with van der Waals surface area (Å²) >= 11 is 0. The van der Waals surface area contributed by atoms with Crippen LogP contribution in [0, 0.1) is 5.82 Å². The Morgan fingerprint density at radius 3 is 2.43 bits per heavy atom. The van der Waals surface area contributed by atoms with Crippen LogP contribution < -0.4 is 5.32 Å². The van der Waals surface area contributed by atoms with E-state index < -0.39 is 0 Å². The molecule has 0 aliphatic rings. The number of amides is 1. The number of benzene rings is 2. The van der Waals surface area contributed by atoms with Crippen LogP contribution >= 0.6 is 0 Å². The highest BCUT2D eigenvalue weighted by Crippen LogP contribution is 2.14. The summed E-state index contributed by atoms with van der Waals surface area (Å²) in [6.07, 6.45) is 1.38. The van der Waals surface area contributed by atoms with Crippen LogP contribution in [0.25, 0.3) is 0 Å². The first-order valence-electron chi connectivity index (χ1n) is 9.18. The molecule has 0 bridgehead atoms. The summed E-state index contributed by atoms with van der Waals surface area (Å²) in [5, 5.41) is 3.15. The average molecular weight is 378 g/mol. The molecule has 0 unspecified atom stereocenters. The molecule has 3 rings (SSSR count). The lowest BCUT2D eigenvalue weighted by Crippen LogP contribution is -2.36. The van der Waals surface area contributed by atoms with E-state index in [1.54, 1.807) is 23.1 Å². The summed E-state index contributed by atoms with van der Waals surface area (Å²) in [6, 6.07) is 17.8. The molecule has 6 heteroatoms. The molecule has 1 amide bonds. The van der Waals surface area contributed by atoms with Gasteiger partial charge in [0.25, 0.3) is 5.91 Å². The maximum atomic E-state index is 13.0. The monoisotopic (exact) mass is 378 g/mol. The van der Waals surface area contributed by atoms with Gasteiger partial charge in [0.05, 0.1) is 0 Å². The number of carbonyl (C=O) groups is 1. The third-order valence-electron chi connectivity index (χ3n) is 4.35. The molecule has 0 atom stereocenters. The Balaban J connectivity index is 1.71. The maximum Gasteiger partial charge on any atom is 0.273 e. The number of aromatic nitrogens is 2. The molecule has 1 N–H and O–H groups in total. The molecule has 1 heterocycles. The SMILES string of the molecule is CC(C)N(Cc1ccccc1)C(=O)c1cc(NCc2ccc(F)cc2)ncn1. The first kappa shape index (κ1) is 19.5. The lowest BCUT2D eigenvalue weighted by molar-refractivity contribution is 0.0684. The second-order valence-electron chi connectivity index (χ2n) is 6.78.